The Morgan fingerprint density at radius 3 is 2.59 bits per heavy atom. The van der Waals surface area contributed by atoms with Crippen molar-refractivity contribution in [2.75, 3.05) is 11.9 Å². The molecule has 0 radical (unpaired) electrons. The van der Waals surface area contributed by atoms with Gasteiger partial charge in [0.15, 0.2) is 5.82 Å². The number of halogens is 1. The molecule has 1 rings (SSSR count). The van der Waals surface area contributed by atoms with E-state index in [4.69, 9.17) is 11.6 Å². The van der Waals surface area contributed by atoms with Gasteiger partial charge in [0.25, 0.3) is 5.56 Å². The molecule has 1 atom stereocenters. The number of rotatable bonds is 5. The van der Waals surface area contributed by atoms with E-state index in [1.54, 1.807) is 17.0 Å². The largest absolute Gasteiger partial charge is 0.364 e. The summed E-state index contributed by atoms with van der Waals surface area (Å²) in [5.74, 6) is 0.729. The zero-order valence-electron chi connectivity index (χ0n) is 10.8. The van der Waals surface area contributed by atoms with Gasteiger partial charge in [0.1, 0.15) is 0 Å². The summed E-state index contributed by atoms with van der Waals surface area (Å²) >= 11 is 6.12. The first-order chi connectivity index (χ1) is 7.93. The fraction of sp³-hybridized carbons (Fsp3) is 0.667. The molecule has 1 aromatic rings. The molecule has 0 spiro atoms. The van der Waals surface area contributed by atoms with Crippen LogP contribution in [-0.2, 0) is 0 Å². The summed E-state index contributed by atoms with van der Waals surface area (Å²) in [6.07, 6.45) is 3.32. The van der Waals surface area contributed by atoms with Gasteiger partial charge < -0.3 is 9.88 Å². The Morgan fingerprint density at radius 1 is 1.41 bits per heavy atom. The molecule has 0 aliphatic rings. The lowest BCUT2D eigenvalue weighted by atomic mass is 10.1. The lowest BCUT2D eigenvalue weighted by Crippen LogP contribution is -2.28. The quantitative estimate of drug-likeness (QED) is 0.825. The number of nitrogens with zero attached hydrogens (tertiary/aromatic N) is 2. The normalized spacial score (nSPS) is 13.1. The Hall–Kier alpha value is -1.03. The van der Waals surface area contributed by atoms with E-state index in [0.717, 1.165) is 0 Å². The van der Waals surface area contributed by atoms with Crippen LogP contribution in [0.3, 0.4) is 0 Å². The van der Waals surface area contributed by atoms with Crippen LogP contribution >= 0.6 is 11.6 Å². The van der Waals surface area contributed by atoms with E-state index in [-0.39, 0.29) is 17.0 Å². The standard InChI is InChI=1S/C12H20ClN3O/c1-8(2)10(13)7-15-11-12(17)16(9(3)4)6-5-14-11/h5-6,8-10H,7H2,1-4H3,(H,14,15). The van der Waals surface area contributed by atoms with Gasteiger partial charge in [0, 0.05) is 25.0 Å². The SMILES string of the molecule is CC(C)C(Cl)CNc1nccn(C(C)C)c1=O. The monoisotopic (exact) mass is 257 g/mol. The Labute approximate surface area is 107 Å². The highest BCUT2D eigenvalue weighted by Crippen LogP contribution is 2.09. The molecule has 96 valence electrons. The first-order valence-corrected chi connectivity index (χ1v) is 6.32. The molecule has 0 saturated carbocycles. The Balaban J connectivity index is 2.79. The molecule has 0 aliphatic carbocycles. The third-order valence-electron chi connectivity index (χ3n) is 2.61. The second kappa shape index (κ2) is 6.05. The minimum Gasteiger partial charge on any atom is -0.364 e. The smallest absolute Gasteiger partial charge is 0.293 e. The highest BCUT2D eigenvalue weighted by atomic mass is 35.5. The Morgan fingerprint density at radius 2 is 2.06 bits per heavy atom. The molecule has 1 N–H and O–H groups in total. The molecule has 0 aromatic carbocycles. The Bertz CT molecular complexity index is 414. The maximum atomic E-state index is 12.0. The maximum Gasteiger partial charge on any atom is 0.293 e. The Kier molecular flexibility index (Phi) is 5.00. The van der Waals surface area contributed by atoms with Gasteiger partial charge in [-0.25, -0.2) is 4.98 Å². The van der Waals surface area contributed by atoms with Crippen molar-refractivity contribution >= 4 is 17.4 Å². The molecule has 1 aromatic heterocycles. The van der Waals surface area contributed by atoms with Gasteiger partial charge in [-0.2, -0.15) is 0 Å². The van der Waals surface area contributed by atoms with Gasteiger partial charge in [0.05, 0.1) is 5.38 Å². The van der Waals surface area contributed by atoms with E-state index in [1.807, 2.05) is 27.7 Å². The number of alkyl halides is 1. The van der Waals surface area contributed by atoms with E-state index in [9.17, 15) is 4.79 Å². The minimum atomic E-state index is -0.102. The molecule has 0 amide bonds. The zero-order valence-corrected chi connectivity index (χ0v) is 11.5. The molecular weight excluding hydrogens is 238 g/mol. The van der Waals surface area contributed by atoms with Crippen LogP contribution in [0.15, 0.2) is 17.2 Å². The van der Waals surface area contributed by atoms with Crippen LogP contribution in [0, 0.1) is 5.92 Å². The number of hydrogen-bond acceptors (Lipinski definition) is 3. The van der Waals surface area contributed by atoms with Crippen molar-refractivity contribution in [1.29, 1.82) is 0 Å². The summed E-state index contributed by atoms with van der Waals surface area (Å²) in [4.78, 5) is 16.0. The van der Waals surface area contributed by atoms with Crippen LogP contribution < -0.4 is 10.9 Å². The average Bonchev–Trinajstić information content (AvgIpc) is 2.26. The van der Waals surface area contributed by atoms with E-state index in [1.165, 1.54) is 0 Å². The third kappa shape index (κ3) is 3.73. The molecule has 0 bridgehead atoms. The van der Waals surface area contributed by atoms with E-state index < -0.39 is 0 Å². The van der Waals surface area contributed by atoms with Crippen molar-refractivity contribution < 1.29 is 0 Å². The second-order valence-corrected chi connectivity index (χ2v) is 5.28. The molecular formula is C12H20ClN3O. The molecule has 1 heterocycles. The first kappa shape index (κ1) is 14.0. The number of aromatic nitrogens is 2. The van der Waals surface area contributed by atoms with Crippen molar-refractivity contribution in [3.63, 3.8) is 0 Å². The second-order valence-electron chi connectivity index (χ2n) is 4.72. The average molecular weight is 258 g/mol. The summed E-state index contributed by atoms with van der Waals surface area (Å²) < 4.78 is 1.65. The van der Waals surface area contributed by atoms with Crippen LogP contribution in [0.4, 0.5) is 5.82 Å². The molecule has 4 nitrogen and oxygen atoms in total. The first-order valence-electron chi connectivity index (χ1n) is 5.88. The summed E-state index contributed by atoms with van der Waals surface area (Å²) in [5.41, 5.74) is -0.102. The number of anilines is 1. The zero-order chi connectivity index (χ0) is 13.0. The number of hydrogen-bond donors (Lipinski definition) is 1. The third-order valence-corrected chi connectivity index (χ3v) is 3.27. The summed E-state index contributed by atoms with van der Waals surface area (Å²) in [6, 6.07) is 0.128. The van der Waals surface area contributed by atoms with Crippen molar-refractivity contribution in [3.8, 4) is 0 Å². The van der Waals surface area contributed by atoms with E-state index >= 15 is 0 Å². The number of nitrogens with one attached hydrogen (secondary N) is 1. The fourth-order valence-electron chi connectivity index (χ4n) is 1.38. The summed E-state index contributed by atoms with van der Waals surface area (Å²) in [6.45, 7) is 8.56. The van der Waals surface area contributed by atoms with Crippen LogP contribution in [0.2, 0.25) is 0 Å². The predicted octanol–water partition coefficient (Wildman–Crippen LogP) is 2.50. The lowest BCUT2D eigenvalue weighted by Gasteiger charge is -2.15. The van der Waals surface area contributed by atoms with Gasteiger partial charge in [-0.1, -0.05) is 13.8 Å². The molecule has 0 saturated heterocycles. The van der Waals surface area contributed by atoms with Crippen LogP contribution in [-0.4, -0.2) is 21.5 Å². The van der Waals surface area contributed by atoms with Crippen LogP contribution in [0.5, 0.6) is 0 Å². The van der Waals surface area contributed by atoms with Crippen molar-refractivity contribution in [2.24, 2.45) is 5.92 Å². The molecule has 0 aliphatic heterocycles. The molecule has 0 fully saturated rings. The van der Waals surface area contributed by atoms with Crippen molar-refractivity contribution in [3.05, 3.63) is 22.7 Å². The molecule has 1 unspecified atom stereocenters. The summed E-state index contributed by atoms with van der Waals surface area (Å²) in [5, 5.41) is 3.00. The van der Waals surface area contributed by atoms with Gasteiger partial charge in [-0.15, -0.1) is 11.6 Å². The maximum absolute atomic E-state index is 12.0. The van der Waals surface area contributed by atoms with Crippen LogP contribution in [0.25, 0.3) is 0 Å². The van der Waals surface area contributed by atoms with Crippen molar-refractivity contribution in [2.45, 2.75) is 39.1 Å². The van der Waals surface area contributed by atoms with Crippen molar-refractivity contribution in [1.82, 2.24) is 9.55 Å². The minimum absolute atomic E-state index is 0.0103. The summed E-state index contributed by atoms with van der Waals surface area (Å²) in [7, 11) is 0. The molecule has 5 heteroatoms. The topological polar surface area (TPSA) is 46.9 Å². The van der Waals surface area contributed by atoms with Crippen LogP contribution in [0.1, 0.15) is 33.7 Å². The molecule has 17 heavy (non-hydrogen) atoms. The van der Waals surface area contributed by atoms with E-state index in [0.29, 0.717) is 18.3 Å². The highest BCUT2D eigenvalue weighted by Gasteiger charge is 2.12. The van der Waals surface area contributed by atoms with Gasteiger partial charge in [-0.05, 0) is 19.8 Å². The van der Waals surface area contributed by atoms with Gasteiger partial charge >= 0.3 is 0 Å². The lowest BCUT2D eigenvalue weighted by molar-refractivity contribution is 0.573. The predicted molar refractivity (Wildman–Crippen MR) is 71.9 cm³/mol. The highest BCUT2D eigenvalue weighted by molar-refractivity contribution is 6.21. The van der Waals surface area contributed by atoms with Gasteiger partial charge in [0.2, 0.25) is 0 Å². The van der Waals surface area contributed by atoms with E-state index in [2.05, 4.69) is 10.3 Å². The van der Waals surface area contributed by atoms with Gasteiger partial charge in [-0.3, -0.25) is 4.79 Å². The fourth-order valence-corrected chi connectivity index (χ4v) is 1.46.